The molecule has 0 aliphatic heterocycles. The van der Waals surface area contributed by atoms with E-state index in [0.717, 1.165) is 31.7 Å². The molecule has 5 nitrogen and oxygen atoms in total. The van der Waals surface area contributed by atoms with Crippen molar-refractivity contribution in [1.29, 1.82) is 0 Å². The maximum Gasteiger partial charge on any atom is 0.0597 e. The van der Waals surface area contributed by atoms with Crippen LogP contribution in [0.25, 0.3) is 0 Å². The van der Waals surface area contributed by atoms with Crippen molar-refractivity contribution >= 4 is 0 Å². The van der Waals surface area contributed by atoms with E-state index in [1.54, 1.807) is 0 Å². The van der Waals surface area contributed by atoms with Crippen LogP contribution in [-0.2, 0) is 19.5 Å². The van der Waals surface area contributed by atoms with Gasteiger partial charge in [-0.25, -0.2) is 0 Å². The molecule has 110 valence electrons. The molecule has 5 heteroatoms. The van der Waals surface area contributed by atoms with Gasteiger partial charge in [-0.1, -0.05) is 6.92 Å². The van der Waals surface area contributed by atoms with E-state index in [1.165, 1.54) is 11.3 Å². The molecular weight excluding hydrogens is 250 g/mol. The van der Waals surface area contributed by atoms with Crippen molar-refractivity contribution in [3.05, 3.63) is 35.4 Å². The second-order valence-corrected chi connectivity index (χ2v) is 5.05. The average Bonchev–Trinajstić information content (AvgIpc) is 3.04. The summed E-state index contributed by atoms with van der Waals surface area (Å²) >= 11 is 0. The molecular formula is C15H25N5. The third kappa shape index (κ3) is 3.28. The first-order valence-corrected chi connectivity index (χ1v) is 7.46. The van der Waals surface area contributed by atoms with Gasteiger partial charge >= 0.3 is 0 Å². The van der Waals surface area contributed by atoms with Gasteiger partial charge in [0.05, 0.1) is 23.6 Å². The van der Waals surface area contributed by atoms with Crippen LogP contribution < -0.4 is 5.32 Å². The predicted octanol–water partition coefficient (Wildman–Crippen LogP) is 2.32. The quantitative estimate of drug-likeness (QED) is 0.843. The maximum atomic E-state index is 4.55. The first-order chi connectivity index (χ1) is 9.67. The van der Waals surface area contributed by atoms with Crippen molar-refractivity contribution in [3.8, 4) is 0 Å². The fourth-order valence-electron chi connectivity index (χ4n) is 2.55. The van der Waals surface area contributed by atoms with Crippen LogP contribution in [0, 0.1) is 6.92 Å². The summed E-state index contributed by atoms with van der Waals surface area (Å²) in [6, 6.07) is 2.47. The van der Waals surface area contributed by atoms with E-state index in [-0.39, 0.29) is 6.04 Å². The Kier molecular flexibility index (Phi) is 4.95. The van der Waals surface area contributed by atoms with E-state index in [0.29, 0.717) is 0 Å². The van der Waals surface area contributed by atoms with Gasteiger partial charge in [-0.3, -0.25) is 9.36 Å². The number of hydrogen-bond donors (Lipinski definition) is 1. The molecule has 2 rings (SSSR count). The first-order valence-electron chi connectivity index (χ1n) is 7.46. The molecule has 1 N–H and O–H groups in total. The van der Waals surface area contributed by atoms with Gasteiger partial charge in [0.1, 0.15) is 0 Å². The SMILES string of the molecule is CCNC(Cc1cnn(CC)c1)c1cc(C)nn1CC. The summed E-state index contributed by atoms with van der Waals surface area (Å²) in [5.41, 5.74) is 3.60. The lowest BCUT2D eigenvalue weighted by Gasteiger charge is -2.18. The largest absolute Gasteiger partial charge is 0.309 e. The Morgan fingerprint density at radius 2 is 2.05 bits per heavy atom. The Bertz CT molecular complexity index is 540. The number of nitrogens with zero attached hydrogens (tertiary/aromatic N) is 4. The number of hydrogen-bond acceptors (Lipinski definition) is 3. The molecule has 0 aliphatic rings. The molecule has 20 heavy (non-hydrogen) atoms. The van der Waals surface area contributed by atoms with Gasteiger partial charge in [-0.2, -0.15) is 10.2 Å². The predicted molar refractivity (Wildman–Crippen MR) is 80.7 cm³/mol. The van der Waals surface area contributed by atoms with Gasteiger partial charge in [0.2, 0.25) is 0 Å². The smallest absolute Gasteiger partial charge is 0.0597 e. The minimum atomic E-state index is 0.288. The summed E-state index contributed by atoms with van der Waals surface area (Å²) in [7, 11) is 0. The lowest BCUT2D eigenvalue weighted by Crippen LogP contribution is -2.25. The first kappa shape index (κ1) is 14.8. The molecule has 0 saturated heterocycles. The van der Waals surface area contributed by atoms with Crippen LogP contribution in [0.4, 0.5) is 0 Å². The molecule has 1 atom stereocenters. The van der Waals surface area contributed by atoms with Crippen molar-refractivity contribution < 1.29 is 0 Å². The number of nitrogens with one attached hydrogen (secondary N) is 1. The molecule has 0 amide bonds. The number of likely N-dealkylation sites (N-methyl/N-ethyl adjacent to an activating group) is 1. The van der Waals surface area contributed by atoms with Crippen LogP contribution in [0.1, 0.15) is 43.8 Å². The Morgan fingerprint density at radius 1 is 1.25 bits per heavy atom. The highest BCUT2D eigenvalue weighted by Gasteiger charge is 2.17. The standard InChI is InChI=1S/C15H25N5/c1-5-16-14(9-13-10-17-19(6-2)11-13)15-8-12(4)18-20(15)7-3/h8,10-11,14,16H,5-7,9H2,1-4H3. The molecule has 2 heterocycles. The monoisotopic (exact) mass is 275 g/mol. The zero-order chi connectivity index (χ0) is 14.5. The molecule has 1 unspecified atom stereocenters. The Hall–Kier alpha value is -1.62. The highest BCUT2D eigenvalue weighted by atomic mass is 15.3. The van der Waals surface area contributed by atoms with E-state index < -0.39 is 0 Å². The van der Waals surface area contributed by atoms with E-state index >= 15 is 0 Å². The Labute approximate surface area is 121 Å². The number of rotatable bonds is 7. The minimum absolute atomic E-state index is 0.288. The lowest BCUT2D eigenvalue weighted by atomic mass is 10.1. The molecule has 0 aromatic carbocycles. The summed E-state index contributed by atoms with van der Waals surface area (Å²) in [6.45, 7) is 11.2. The van der Waals surface area contributed by atoms with Crippen LogP contribution in [0.5, 0.6) is 0 Å². The van der Waals surface area contributed by atoms with Gasteiger partial charge in [0.15, 0.2) is 0 Å². The molecule has 2 aromatic rings. The molecule has 0 fully saturated rings. The van der Waals surface area contributed by atoms with Gasteiger partial charge in [0.25, 0.3) is 0 Å². The molecule has 2 aromatic heterocycles. The fraction of sp³-hybridized carbons (Fsp3) is 0.600. The average molecular weight is 275 g/mol. The summed E-state index contributed by atoms with van der Waals surface area (Å²) in [5, 5.41) is 12.5. The summed E-state index contributed by atoms with van der Waals surface area (Å²) in [5.74, 6) is 0. The topological polar surface area (TPSA) is 47.7 Å². The zero-order valence-corrected chi connectivity index (χ0v) is 12.9. The number of aryl methyl sites for hydroxylation is 3. The van der Waals surface area contributed by atoms with E-state index in [4.69, 9.17) is 0 Å². The van der Waals surface area contributed by atoms with Crippen molar-refractivity contribution in [3.63, 3.8) is 0 Å². The van der Waals surface area contributed by atoms with Gasteiger partial charge in [-0.05, 0) is 45.4 Å². The zero-order valence-electron chi connectivity index (χ0n) is 12.9. The van der Waals surface area contributed by atoms with Crippen LogP contribution in [0.15, 0.2) is 18.5 Å². The van der Waals surface area contributed by atoms with E-state index in [1.807, 2.05) is 17.8 Å². The summed E-state index contributed by atoms with van der Waals surface area (Å²) in [4.78, 5) is 0. The normalized spacial score (nSPS) is 12.8. The van der Waals surface area contributed by atoms with Crippen molar-refractivity contribution in [2.24, 2.45) is 0 Å². The second-order valence-electron chi connectivity index (χ2n) is 5.05. The highest BCUT2D eigenvalue weighted by Crippen LogP contribution is 2.19. The minimum Gasteiger partial charge on any atom is -0.309 e. The molecule has 0 saturated carbocycles. The maximum absolute atomic E-state index is 4.55. The van der Waals surface area contributed by atoms with Crippen molar-refractivity contribution in [2.75, 3.05) is 6.54 Å². The summed E-state index contributed by atoms with van der Waals surface area (Å²) < 4.78 is 4.06. The Morgan fingerprint density at radius 3 is 2.65 bits per heavy atom. The van der Waals surface area contributed by atoms with E-state index in [9.17, 15) is 0 Å². The van der Waals surface area contributed by atoms with Crippen LogP contribution in [-0.4, -0.2) is 26.1 Å². The van der Waals surface area contributed by atoms with Crippen LogP contribution >= 0.6 is 0 Å². The molecule has 0 radical (unpaired) electrons. The fourth-order valence-corrected chi connectivity index (χ4v) is 2.55. The second kappa shape index (κ2) is 6.70. The van der Waals surface area contributed by atoms with Crippen molar-refractivity contribution in [1.82, 2.24) is 24.9 Å². The van der Waals surface area contributed by atoms with Gasteiger partial charge < -0.3 is 5.32 Å². The van der Waals surface area contributed by atoms with Gasteiger partial charge in [-0.15, -0.1) is 0 Å². The van der Waals surface area contributed by atoms with Crippen molar-refractivity contribution in [2.45, 2.75) is 53.2 Å². The highest BCUT2D eigenvalue weighted by molar-refractivity contribution is 5.17. The third-order valence-electron chi connectivity index (χ3n) is 3.49. The lowest BCUT2D eigenvalue weighted by molar-refractivity contribution is 0.489. The van der Waals surface area contributed by atoms with Crippen LogP contribution in [0.2, 0.25) is 0 Å². The molecule has 0 bridgehead atoms. The molecule has 0 spiro atoms. The van der Waals surface area contributed by atoms with Gasteiger partial charge in [0, 0.05) is 19.3 Å². The Balaban J connectivity index is 2.21. The number of aromatic nitrogens is 4. The van der Waals surface area contributed by atoms with E-state index in [2.05, 4.69) is 53.2 Å². The van der Waals surface area contributed by atoms with Crippen LogP contribution in [0.3, 0.4) is 0 Å². The summed E-state index contributed by atoms with van der Waals surface area (Å²) in [6.07, 6.45) is 5.04. The molecule has 0 aliphatic carbocycles. The third-order valence-corrected chi connectivity index (χ3v) is 3.49.